The van der Waals surface area contributed by atoms with E-state index in [-0.39, 0.29) is 6.61 Å². The molecule has 21 heavy (non-hydrogen) atoms. The second kappa shape index (κ2) is 5.61. The third kappa shape index (κ3) is 3.24. The Hall–Kier alpha value is -1.08. The van der Waals surface area contributed by atoms with Crippen LogP contribution >= 0.6 is 11.6 Å². The molecule has 0 unspecified atom stereocenters. The highest BCUT2D eigenvalue weighted by Gasteiger charge is 2.52. The van der Waals surface area contributed by atoms with Crippen LogP contribution in [0.4, 0.5) is 5.69 Å². The van der Waals surface area contributed by atoms with E-state index in [9.17, 15) is 5.11 Å². The van der Waals surface area contributed by atoms with Crippen LogP contribution in [0.2, 0.25) is 5.15 Å². The van der Waals surface area contributed by atoms with Crippen molar-refractivity contribution in [2.45, 2.75) is 38.9 Å². The van der Waals surface area contributed by atoms with Crippen LogP contribution in [0, 0.1) is 0 Å². The lowest BCUT2D eigenvalue weighted by molar-refractivity contribution is 0.00578. The van der Waals surface area contributed by atoms with E-state index in [4.69, 9.17) is 26.6 Å². The van der Waals surface area contributed by atoms with Crippen LogP contribution in [0.25, 0.3) is 6.08 Å². The lowest BCUT2D eigenvalue weighted by Gasteiger charge is -2.32. The fourth-order valence-electron chi connectivity index (χ4n) is 1.96. The van der Waals surface area contributed by atoms with Crippen molar-refractivity contribution in [1.29, 1.82) is 0 Å². The van der Waals surface area contributed by atoms with Crippen molar-refractivity contribution >= 4 is 30.5 Å². The zero-order chi connectivity index (χ0) is 15.8. The zero-order valence-electron chi connectivity index (χ0n) is 12.7. The number of aliphatic hydroxyl groups excluding tert-OH is 1. The van der Waals surface area contributed by atoms with Gasteiger partial charge in [0.15, 0.2) is 0 Å². The molecule has 114 valence electrons. The summed E-state index contributed by atoms with van der Waals surface area (Å²) in [5, 5.41) is 9.94. The Balaban J connectivity index is 2.31. The molecule has 1 aromatic heterocycles. The number of aliphatic hydroxyl groups is 1. The summed E-state index contributed by atoms with van der Waals surface area (Å²) in [5.41, 5.74) is 6.71. The molecule has 1 aliphatic rings. The van der Waals surface area contributed by atoms with Gasteiger partial charge in [-0.25, -0.2) is 4.98 Å². The van der Waals surface area contributed by atoms with Gasteiger partial charge in [-0.05, 0) is 39.2 Å². The van der Waals surface area contributed by atoms with Gasteiger partial charge in [0, 0.05) is 17.4 Å². The molecule has 1 saturated heterocycles. The van der Waals surface area contributed by atoms with Gasteiger partial charge < -0.3 is 20.1 Å². The van der Waals surface area contributed by atoms with E-state index in [0.717, 1.165) is 0 Å². The zero-order valence-corrected chi connectivity index (χ0v) is 13.4. The maximum absolute atomic E-state index is 9.62. The SMILES string of the molecule is CC1(C)OB(C(=Cc2cnc(Cl)cc2N)CO)OC1(C)C. The molecule has 0 saturated carbocycles. The Morgan fingerprint density at radius 2 is 1.95 bits per heavy atom. The molecular formula is C14H20BClN2O3. The van der Waals surface area contributed by atoms with Gasteiger partial charge >= 0.3 is 7.12 Å². The third-order valence-corrected chi connectivity index (χ3v) is 4.22. The van der Waals surface area contributed by atoms with Crippen molar-refractivity contribution in [3.63, 3.8) is 0 Å². The highest BCUT2D eigenvalue weighted by Crippen LogP contribution is 2.38. The van der Waals surface area contributed by atoms with Crippen molar-refractivity contribution in [2.24, 2.45) is 0 Å². The fraction of sp³-hybridized carbons (Fsp3) is 0.500. The molecule has 1 aromatic rings. The van der Waals surface area contributed by atoms with E-state index < -0.39 is 18.3 Å². The lowest BCUT2D eigenvalue weighted by Crippen LogP contribution is -2.41. The summed E-state index contributed by atoms with van der Waals surface area (Å²) < 4.78 is 11.8. The number of nitrogen functional groups attached to an aromatic ring is 1. The maximum Gasteiger partial charge on any atom is 0.492 e. The van der Waals surface area contributed by atoms with E-state index >= 15 is 0 Å². The van der Waals surface area contributed by atoms with Crippen molar-refractivity contribution < 1.29 is 14.4 Å². The average Bonchev–Trinajstić information content (AvgIpc) is 2.57. The molecule has 0 aliphatic carbocycles. The van der Waals surface area contributed by atoms with Crippen LogP contribution in [0.3, 0.4) is 0 Å². The Kier molecular flexibility index (Phi) is 4.35. The molecule has 2 rings (SSSR count). The number of anilines is 1. The molecule has 7 heteroatoms. The molecule has 0 spiro atoms. The predicted octanol–water partition coefficient (Wildman–Crippen LogP) is 2.32. The number of hydrogen-bond donors (Lipinski definition) is 2. The normalized spacial score (nSPS) is 20.9. The van der Waals surface area contributed by atoms with Gasteiger partial charge in [-0.1, -0.05) is 17.7 Å². The number of pyridine rings is 1. The van der Waals surface area contributed by atoms with Crippen LogP contribution in [0.1, 0.15) is 33.3 Å². The first-order valence-corrected chi connectivity index (χ1v) is 7.12. The van der Waals surface area contributed by atoms with Crippen LogP contribution < -0.4 is 5.73 Å². The molecule has 2 heterocycles. The first kappa shape index (κ1) is 16.3. The van der Waals surface area contributed by atoms with Gasteiger partial charge in [0.25, 0.3) is 0 Å². The number of nitrogens with zero attached hydrogens (tertiary/aromatic N) is 1. The van der Waals surface area contributed by atoms with E-state index in [2.05, 4.69) is 4.98 Å². The number of aromatic nitrogens is 1. The molecular weight excluding hydrogens is 290 g/mol. The van der Waals surface area contributed by atoms with Crippen molar-refractivity contribution in [3.8, 4) is 0 Å². The Bertz CT molecular complexity index is 559. The van der Waals surface area contributed by atoms with Gasteiger partial charge in [-0.2, -0.15) is 0 Å². The van der Waals surface area contributed by atoms with E-state index in [1.165, 1.54) is 0 Å². The van der Waals surface area contributed by atoms with Crippen LogP contribution in [-0.4, -0.2) is 35.0 Å². The second-order valence-corrected chi connectivity index (χ2v) is 6.49. The minimum atomic E-state index is -0.616. The first-order chi connectivity index (χ1) is 9.66. The summed E-state index contributed by atoms with van der Waals surface area (Å²) in [4.78, 5) is 3.99. The molecule has 0 atom stereocenters. The van der Waals surface area contributed by atoms with Crippen molar-refractivity contribution in [1.82, 2.24) is 4.98 Å². The summed E-state index contributed by atoms with van der Waals surface area (Å²) in [6.45, 7) is 7.64. The van der Waals surface area contributed by atoms with Gasteiger partial charge in [-0.15, -0.1) is 0 Å². The number of halogens is 1. The topological polar surface area (TPSA) is 77.6 Å². The Labute approximate surface area is 130 Å². The molecule has 1 aliphatic heterocycles. The fourth-order valence-corrected chi connectivity index (χ4v) is 2.12. The number of nitrogens with two attached hydrogens (primary N) is 1. The minimum absolute atomic E-state index is 0.196. The molecule has 5 nitrogen and oxygen atoms in total. The molecule has 3 N–H and O–H groups in total. The molecule has 0 aromatic carbocycles. The van der Waals surface area contributed by atoms with Crippen LogP contribution in [-0.2, 0) is 9.31 Å². The molecule has 0 radical (unpaired) electrons. The van der Waals surface area contributed by atoms with Crippen molar-refractivity contribution in [3.05, 3.63) is 28.5 Å². The summed E-state index contributed by atoms with van der Waals surface area (Å²) >= 11 is 5.78. The monoisotopic (exact) mass is 310 g/mol. The van der Waals surface area contributed by atoms with E-state index in [1.807, 2.05) is 27.7 Å². The maximum atomic E-state index is 9.62. The Morgan fingerprint density at radius 3 is 2.43 bits per heavy atom. The highest BCUT2D eigenvalue weighted by molar-refractivity contribution is 6.55. The Morgan fingerprint density at radius 1 is 1.38 bits per heavy atom. The minimum Gasteiger partial charge on any atom is -0.400 e. The highest BCUT2D eigenvalue weighted by atomic mass is 35.5. The van der Waals surface area contributed by atoms with Gasteiger partial charge in [0.1, 0.15) is 5.15 Å². The van der Waals surface area contributed by atoms with Crippen molar-refractivity contribution in [2.75, 3.05) is 12.3 Å². The summed E-state index contributed by atoms with van der Waals surface area (Å²) in [6.07, 6.45) is 3.28. The summed E-state index contributed by atoms with van der Waals surface area (Å²) in [6, 6.07) is 1.56. The smallest absolute Gasteiger partial charge is 0.400 e. The largest absolute Gasteiger partial charge is 0.492 e. The van der Waals surface area contributed by atoms with Gasteiger partial charge in [0.05, 0.1) is 17.8 Å². The summed E-state index contributed by atoms with van der Waals surface area (Å²) in [7, 11) is -0.616. The van der Waals surface area contributed by atoms with Gasteiger partial charge in [-0.3, -0.25) is 0 Å². The first-order valence-electron chi connectivity index (χ1n) is 6.74. The van der Waals surface area contributed by atoms with E-state index in [1.54, 1.807) is 18.3 Å². The molecule has 0 bridgehead atoms. The van der Waals surface area contributed by atoms with E-state index in [0.29, 0.717) is 21.9 Å². The number of hydrogen-bond acceptors (Lipinski definition) is 5. The number of rotatable bonds is 3. The molecule has 1 fully saturated rings. The predicted molar refractivity (Wildman–Crippen MR) is 84.8 cm³/mol. The van der Waals surface area contributed by atoms with Crippen LogP contribution in [0.15, 0.2) is 17.7 Å². The van der Waals surface area contributed by atoms with Gasteiger partial charge in [0.2, 0.25) is 0 Å². The average molecular weight is 311 g/mol. The third-order valence-electron chi connectivity index (χ3n) is 4.01. The lowest BCUT2D eigenvalue weighted by atomic mass is 9.77. The quantitative estimate of drug-likeness (QED) is 0.662. The standard InChI is InChI=1S/C14H20BClN2O3/c1-13(2)14(3,4)21-15(20-13)10(8-19)5-9-7-18-12(16)6-11(9)17/h5-7,19H,8H2,1-4H3,(H2,17,18). The second-order valence-electron chi connectivity index (χ2n) is 6.10. The van der Waals surface area contributed by atoms with Crippen LogP contribution in [0.5, 0.6) is 0 Å². The molecule has 0 amide bonds. The summed E-state index contributed by atoms with van der Waals surface area (Å²) in [5.74, 6) is 0.